The van der Waals surface area contributed by atoms with E-state index in [2.05, 4.69) is 28.8 Å². The first-order valence-corrected chi connectivity index (χ1v) is 9.95. The Morgan fingerprint density at radius 1 is 1.09 bits per heavy atom. The fourth-order valence-electron chi connectivity index (χ4n) is 2.03. The number of ether oxygens (including phenoxy) is 1. The van der Waals surface area contributed by atoms with Crippen molar-refractivity contribution in [2.45, 2.75) is 32.6 Å². The molecule has 0 unspecified atom stereocenters. The lowest BCUT2D eigenvalue weighted by Crippen LogP contribution is -2.38. The highest BCUT2D eigenvalue weighted by Crippen LogP contribution is 2.08. The summed E-state index contributed by atoms with van der Waals surface area (Å²) >= 11 is 1.90. The fraction of sp³-hybridized carbons (Fsp3) is 0.611. The van der Waals surface area contributed by atoms with Crippen LogP contribution in [-0.4, -0.2) is 44.2 Å². The average molecular weight is 338 g/mol. The number of thioether (sulfide) groups is 1. The van der Waals surface area contributed by atoms with Crippen LogP contribution in [0.3, 0.4) is 0 Å². The summed E-state index contributed by atoms with van der Waals surface area (Å²) in [6.07, 6.45) is 6.65. The van der Waals surface area contributed by atoms with Crippen molar-refractivity contribution in [3.63, 3.8) is 0 Å². The molecule has 1 aromatic rings. The molecule has 0 bridgehead atoms. The minimum absolute atomic E-state index is 0.758. The number of hydrogen-bond donors (Lipinski definition) is 2. The van der Waals surface area contributed by atoms with E-state index >= 15 is 0 Å². The van der Waals surface area contributed by atoms with Gasteiger partial charge in [-0.25, -0.2) is 0 Å². The number of para-hydroxylation sites is 1. The predicted molar refractivity (Wildman–Crippen MR) is 103 cm³/mol. The molecule has 0 amide bonds. The number of nitrogens with zero attached hydrogens (tertiary/aromatic N) is 1. The van der Waals surface area contributed by atoms with Crippen LogP contribution >= 0.6 is 11.8 Å². The molecule has 0 saturated carbocycles. The molecule has 130 valence electrons. The molecule has 0 spiro atoms. The topological polar surface area (TPSA) is 45.7 Å². The second kappa shape index (κ2) is 14.2. The van der Waals surface area contributed by atoms with Crippen LogP contribution in [-0.2, 0) is 0 Å². The Bertz CT molecular complexity index is 412. The van der Waals surface area contributed by atoms with E-state index in [1.807, 2.05) is 42.1 Å². The zero-order valence-corrected chi connectivity index (χ0v) is 15.3. The molecule has 0 aliphatic heterocycles. The van der Waals surface area contributed by atoms with Crippen molar-refractivity contribution in [2.24, 2.45) is 4.99 Å². The standard InChI is InChI=1S/C18H31N3OS/c1-3-19-18(21-14-8-10-16-23-2)20-13-7-9-15-22-17-11-5-4-6-12-17/h4-6,11-12H,3,7-10,13-16H2,1-2H3,(H2,19,20,21). The lowest BCUT2D eigenvalue weighted by atomic mass is 10.3. The molecule has 0 radical (unpaired) electrons. The van der Waals surface area contributed by atoms with Crippen molar-refractivity contribution in [1.29, 1.82) is 0 Å². The molecular weight excluding hydrogens is 306 g/mol. The van der Waals surface area contributed by atoms with Gasteiger partial charge in [0.15, 0.2) is 5.96 Å². The maximum absolute atomic E-state index is 5.69. The summed E-state index contributed by atoms with van der Waals surface area (Å²) in [5.41, 5.74) is 0. The Kier molecular flexibility index (Phi) is 12.2. The molecule has 0 atom stereocenters. The maximum Gasteiger partial charge on any atom is 0.191 e. The predicted octanol–water partition coefficient (Wildman–Crippen LogP) is 3.54. The van der Waals surface area contributed by atoms with Crippen molar-refractivity contribution in [3.05, 3.63) is 30.3 Å². The number of guanidine groups is 1. The first-order valence-electron chi connectivity index (χ1n) is 8.55. The van der Waals surface area contributed by atoms with E-state index in [1.54, 1.807) is 0 Å². The third-order valence-corrected chi connectivity index (χ3v) is 3.94. The smallest absolute Gasteiger partial charge is 0.191 e. The lowest BCUT2D eigenvalue weighted by molar-refractivity contribution is 0.307. The van der Waals surface area contributed by atoms with Crippen LogP contribution in [0.5, 0.6) is 5.75 Å². The van der Waals surface area contributed by atoms with Gasteiger partial charge in [-0.05, 0) is 56.7 Å². The van der Waals surface area contributed by atoms with E-state index in [0.717, 1.165) is 57.2 Å². The molecule has 5 heteroatoms. The maximum atomic E-state index is 5.69. The molecule has 0 heterocycles. The Labute approximate surface area is 145 Å². The number of rotatable bonds is 12. The summed E-state index contributed by atoms with van der Waals surface area (Å²) in [7, 11) is 0. The van der Waals surface area contributed by atoms with Gasteiger partial charge < -0.3 is 15.4 Å². The zero-order chi connectivity index (χ0) is 16.6. The molecule has 0 aromatic heterocycles. The molecule has 4 nitrogen and oxygen atoms in total. The van der Waals surface area contributed by atoms with Gasteiger partial charge in [-0.15, -0.1) is 0 Å². The second-order valence-corrected chi connectivity index (χ2v) is 6.24. The van der Waals surface area contributed by atoms with Gasteiger partial charge in [-0.2, -0.15) is 11.8 Å². The molecule has 23 heavy (non-hydrogen) atoms. The van der Waals surface area contributed by atoms with Crippen LogP contribution < -0.4 is 15.4 Å². The van der Waals surface area contributed by atoms with Gasteiger partial charge in [0, 0.05) is 19.6 Å². The SMILES string of the molecule is CCNC(=NCCCCSC)NCCCCOc1ccccc1. The highest BCUT2D eigenvalue weighted by molar-refractivity contribution is 7.98. The van der Waals surface area contributed by atoms with Crippen molar-refractivity contribution in [2.75, 3.05) is 38.2 Å². The number of benzene rings is 1. The zero-order valence-electron chi connectivity index (χ0n) is 14.5. The minimum atomic E-state index is 0.758. The van der Waals surface area contributed by atoms with E-state index in [4.69, 9.17) is 4.74 Å². The highest BCUT2D eigenvalue weighted by atomic mass is 32.2. The van der Waals surface area contributed by atoms with Gasteiger partial charge in [0.1, 0.15) is 5.75 Å². The molecule has 0 aliphatic carbocycles. The van der Waals surface area contributed by atoms with Crippen LogP contribution in [0.4, 0.5) is 0 Å². The van der Waals surface area contributed by atoms with Crippen LogP contribution in [0.25, 0.3) is 0 Å². The fourth-order valence-corrected chi connectivity index (χ4v) is 2.52. The van der Waals surface area contributed by atoms with Gasteiger partial charge in [0.2, 0.25) is 0 Å². The normalized spacial score (nSPS) is 11.3. The summed E-state index contributed by atoms with van der Waals surface area (Å²) in [6, 6.07) is 9.97. The monoisotopic (exact) mass is 337 g/mol. The van der Waals surface area contributed by atoms with Gasteiger partial charge >= 0.3 is 0 Å². The van der Waals surface area contributed by atoms with Gasteiger partial charge in [-0.1, -0.05) is 18.2 Å². The van der Waals surface area contributed by atoms with Crippen molar-refractivity contribution < 1.29 is 4.74 Å². The van der Waals surface area contributed by atoms with Gasteiger partial charge in [0.05, 0.1) is 6.61 Å². The molecule has 0 aliphatic rings. The third kappa shape index (κ3) is 10.9. The summed E-state index contributed by atoms with van der Waals surface area (Å²) in [5, 5.41) is 6.68. The number of hydrogen-bond acceptors (Lipinski definition) is 3. The molecule has 0 saturated heterocycles. The van der Waals surface area contributed by atoms with Crippen molar-refractivity contribution in [1.82, 2.24) is 10.6 Å². The van der Waals surface area contributed by atoms with Gasteiger partial charge in [-0.3, -0.25) is 4.99 Å². The minimum Gasteiger partial charge on any atom is -0.494 e. The molecule has 2 N–H and O–H groups in total. The molecule has 1 rings (SSSR count). The van der Waals surface area contributed by atoms with E-state index in [1.165, 1.54) is 12.2 Å². The van der Waals surface area contributed by atoms with Crippen LogP contribution in [0.15, 0.2) is 35.3 Å². The van der Waals surface area contributed by atoms with Crippen LogP contribution in [0.2, 0.25) is 0 Å². The van der Waals surface area contributed by atoms with E-state index in [9.17, 15) is 0 Å². The molecular formula is C18H31N3OS. The number of nitrogens with one attached hydrogen (secondary N) is 2. The number of aliphatic imine (C=N–C) groups is 1. The summed E-state index contributed by atoms with van der Waals surface area (Å²) in [5.74, 6) is 3.10. The van der Waals surface area contributed by atoms with Crippen molar-refractivity contribution >= 4 is 17.7 Å². The lowest BCUT2D eigenvalue weighted by Gasteiger charge is -2.11. The largest absolute Gasteiger partial charge is 0.494 e. The average Bonchev–Trinajstić information content (AvgIpc) is 2.58. The van der Waals surface area contributed by atoms with Crippen molar-refractivity contribution in [3.8, 4) is 5.75 Å². The van der Waals surface area contributed by atoms with Crippen LogP contribution in [0, 0.1) is 0 Å². The Morgan fingerprint density at radius 2 is 1.91 bits per heavy atom. The van der Waals surface area contributed by atoms with Crippen LogP contribution in [0.1, 0.15) is 32.6 Å². The first kappa shape index (κ1) is 19.7. The second-order valence-electron chi connectivity index (χ2n) is 5.26. The summed E-state index contributed by atoms with van der Waals surface area (Å²) in [4.78, 5) is 4.60. The van der Waals surface area contributed by atoms with E-state index < -0.39 is 0 Å². The quantitative estimate of drug-likeness (QED) is 0.348. The first-order chi connectivity index (χ1) is 11.4. The summed E-state index contributed by atoms with van der Waals surface area (Å²) < 4.78 is 5.69. The summed E-state index contributed by atoms with van der Waals surface area (Å²) in [6.45, 7) is 5.57. The molecule has 0 fully saturated rings. The Balaban J connectivity index is 2.08. The molecule has 1 aromatic carbocycles. The van der Waals surface area contributed by atoms with E-state index in [0.29, 0.717) is 0 Å². The Morgan fingerprint density at radius 3 is 2.65 bits per heavy atom. The highest BCUT2D eigenvalue weighted by Gasteiger charge is 1.97. The third-order valence-electron chi connectivity index (χ3n) is 3.25. The number of unbranched alkanes of at least 4 members (excludes halogenated alkanes) is 2. The Hall–Kier alpha value is -1.36. The van der Waals surface area contributed by atoms with Gasteiger partial charge in [0.25, 0.3) is 0 Å². The van der Waals surface area contributed by atoms with E-state index in [-0.39, 0.29) is 0 Å².